The zero-order chi connectivity index (χ0) is 12.8. The van der Waals surface area contributed by atoms with Gasteiger partial charge in [-0.25, -0.2) is 0 Å². The molecule has 0 aromatic rings. The van der Waals surface area contributed by atoms with Gasteiger partial charge in [0.2, 0.25) is 0 Å². The number of hydrazine groups is 1. The van der Waals surface area contributed by atoms with E-state index in [0.29, 0.717) is 12.6 Å². The zero-order valence-corrected chi connectivity index (χ0v) is 11.8. The summed E-state index contributed by atoms with van der Waals surface area (Å²) < 4.78 is 5.09. The van der Waals surface area contributed by atoms with Crippen molar-refractivity contribution < 1.29 is 4.74 Å². The predicted octanol–water partition coefficient (Wildman–Crippen LogP) is 3.39. The normalized spacial score (nSPS) is 12.9. The van der Waals surface area contributed by atoms with Gasteiger partial charge >= 0.3 is 0 Å². The second kappa shape index (κ2) is 13.9. The van der Waals surface area contributed by atoms with Gasteiger partial charge in [-0.15, -0.1) is 0 Å². The van der Waals surface area contributed by atoms with E-state index in [4.69, 9.17) is 10.6 Å². The molecule has 0 aliphatic heterocycles. The summed E-state index contributed by atoms with van der Waals surface area (Å²) in [5, 5.41) is 0. The Kier molecular flexibility index (Phi) is 13.8. The molecule has 0 radical (unpaired) electrons. The first-order chi connectivity index (χ1) is 8.35. The molecule has 0 aliphatic carbocycles. The molecule has 1 unspecified atom stereocenters. The van der Waals surface area contributed by atoms with Crippen LogP contribution in [0.3, 0.4) is 0 Å². The Morgan fingerprint density at radius 1 is 0.941 bits per heavy atom. The SMILES string of the molecule is CCCCCCCCCCCC(COC)NN. The Balaban J connectivity index is 3.11. The van der Waals surface area contributed by atoms with Crippen LogP contribution in [0.1, 0.15) is 71.1 Å². The van der Waals surface area contributed by atoms with E-state index >= 15 is 0 Å². The number of rotatable bonds is 13. The summed E-state index contributed by atoms with van der Waals surface area (Å²) in [5.74, 6) is 5.44. The number of ether oxygens (including phenoxy) is 1. The van der Waals surface area contributed by atoms with Gasteiger partial charge < -0.3 is 4.74 Å². The van der Waals surface area contributed by atoms with Gasteiger partial charge in [0.05, 0.1) is 6.61 Å². The van der Waals surface area contributed by atoms with Gasteiger partial charge in [-0.05, 0) is 6.42 Å². The lowest BCUT2D eigenvalue weighted by Crippen LogP contribution is -2.38. The van der Waals surface area contributed by atoms with Crippen molar-refractivity contribution in [1.29, 1.82) is 0 Å². The van der Waals surface area contributed by atoms with Crippen molar-refractivity contribution in [3.8, 4) is 0 Å². The van der Waals surface area contributed by atoms with E-state index < -0.39 is 0 Å². The molecule has 1 atom stereocenters. The van der Waals surface area contributed by atoms with E-state index in [9.17, 15) is 0 Å². The predicted molar refractivity (Wildman–Crippen MR) is 74.8 cm³/mol. The minimum atomic E-state index is 0.324. The second-order valence-corrected chi connectivity index (χ2v) is 4.94. The molecule has 0 heterocycles. The van der Waals surface area contributed by atoms with Gasteiger partial charge in [0.15, 0.2) is 0 Å². The van der Waals surface area contributed by atoms with Gasteiger partial charge in [-0.1, -0.05) is 64.7 Å². The maximum atomic E-state index is 5.44. The summed E-state index contributed by atoms with van der Waals surface area (Å²) in [6.45, 7) is 2.98. The van der Waals surface area contributed by atoms with Crippen molar-refractivity contribution in [3.05, 3.63) is 0 Å². The van der Waals surface area contributed by atoms with Gasteiger partial charge in [-0.3, -0.25) is 11.3 Å². The number of hydrogen-bond donors (Lipinski definition) is 2. The molecular weight excluding hydrogens is 212 g/mol. The molecule has 0 bridgehead atoms. The van der Waals surface area contributed by atoms with Crippen LogP contribution in [0, 0.1) is 0 Å². The molecular formula is C14H32N2O. The Morgan fingerprint density at radius 2 is 1.47 bits per heavy atom. The molecule has 0 amide bonds. The van der Waals surface area contributed by atoms with E-state index in [1.165, 1.54) is 57.8 Å². The summed E-state index contributed by atoms with van der Waals surface area (Å²) in [6, 6.07) is 0.324. The average Bonchev–Trinajstić information content (AvgIpc) is 2.35. The molecule has 0 aromatic heterocycles. The molecule has 104 valence electrons. The molecule has 0 aliphatic rings. The van der Waals surface area contributed by atoms with E-state index in [1.807, 2.05) is 0 Å². The number of unbranched alkanes of at least 4 members (excludes halogenated alkanes) is 8. The van der Waals surface area contributed by atoms with Crippen molar-refractivity contribution in [2.24, 2.45) is 5.84 Å². The third-order valence-corrected chi connectivity index (χ3v) is 3.26. The van der Waals surface area contributed by atoms with E-state index in [1.54, 1.807) is 7.11 Å². The monoisotopic (exact) mass is 244 g/mol. The van der Waals surface area contributed by atoms with Crippen LogP contribution in [0.5, 0.6) is 0 Å². The largest absolute Gasteiger partial charge is 0.383 e. The second-order valence-electron chi connectivity index (χ2n) is 4.94. The Hall–Kier alpha value is -0.120. The lowest BCUT2D eigenvalue weighted by molar-refractivity contribution is 0.161. The summed E-state index contributed by atoms with van der Waals surface area (Å²) in [4.78, 5) is 0. The maximum Gasteiger partial charge on any atom is 0.0629 e. The van der Waals surface area contributed by atoms with Crippen LogP contribution >= 0.6 is 0 Å². The molecule has 3 N–H and O–H groups in total. The highest BCUT2D eigenvalue weighted by molar-refractivity contribution is 4.62. The third kappa shape index (κ3) is 12.1. The quantitative estimate of drug-likeness (QED) is 0.296. The number of nitrogens with one attached hydrogen (secondary N) is 1. The van der Waals surface area contributed by atoms with E-state index in [2.05, 4.69) is 12.3 Å². The minimum Gasteiger partial charge on any atom is -0.383 e. The summed E-state index contributed by atoms with van der Waals surface area (Å²) in [7, 11) is 1.72. The zero-order valence-electron chi connectivity index (χ0n) is 11.8. The van der Waals surface area contributed by atoms with Crippen LogP contribution < -0.4 is 11.3 Å². The van der Waals surface area contributed by atoms with Crippen LogP contribution in [0.2, 0.25) is 0 Å². The fourth-order valence-electron chi connectivity index (χ4n) is 2.12. The highest BCUT2D eigenvalue weighted by Gasteiger charge is 2.04. The van der Waals surface area contributed by atoms with E-state index in [-0.39, 0.29) is 0 Å². The average molecular weight is 244 g/mol. The van der Waals surface area contributed by atoms with Gasteiger partial charge in [-0.2, -0.15) is 0 Å². The van der Waals surface area contributed by atoms with Crippen LogP contribution in [-0.4, -0.2) is 19.8 Å². The van der Waals surface area contributed by atoms with Gasteiger partial charge in [0.25, 0.3) is 0 Å². The lowest BCUT2D eigenvalue weighted by atomic mass is 10.0. The Bertz CT molecular complexity index is 142. The molecule has 17 heavy (non-hydrogen) atoms. The third-order valence-electron chi connectivity index (χ3n) is 3.26. The van der Waals surface area contributed by atoms with Crippen LogP contribution in [0.15, 0.2) is 0 Å². The first-order valence-electron chi connectivity index (χ1n) is 7.30. The summed E-state index contributed by atoms with van der Waals surface area (Å²) >= 11 is 0. The summed E-state index contributed by atoms with van der Waals surface area (Å²) in [6.07, 6.45) is 13.5. The first kappa shape index (κ1) is 16.9. The maximum absolute atomic E-state index is 5.44. The smallest absolute Gasteiger partial charge is 0.0629 e. The van der Waals surface area contributed by atoms with Crippen LogP contribution in [0.25, 0.3) is 0 Å². The van der Waals surface area contributed by atoms with E-state index in [0.717, 1.165) is 6.42 Å². The summed E-state index contributed by atoms with van der Waals surface area (Å²) in [5.41, 5.74) is 2.80. The van der Waals surface area contributed by atoms with Crippen molar-refractivity contribution >= 4 is 0 Å². The fourth-order valence-corrected chi connectivity index (χ4v) is 2.12. The highest BCUT2D eigenvalue weighted by Crippen LogP contribution is 2.11. The number of methoxy groups -OCH3 is 1. The van der Waals surface area contributed by atoms with Crippen LogP contribution in [0.4, 0.5) is 0 Å². The highest BCUT2D eigenvalue weighted by atomic mass is 16.5. The van der Waals surface area contributed by atoms with Crippen LogP contribution in [-0.2, 0) is 4.74 Å². The first-order valence-corrected chi connectivity index (χ1v) is 7.30. The van der Waals surface area contributed by atoms with Crippen molar-refractivity contribution in [2.45, 2.75) is 77.2 Å². The molecule has 0 fully saturated rings. The molecule has 0 rings (SSSR count). The lowest BCUT2D eigenvalue weighted by Gasteiger charge is -2.14. The van der Waals surface area contributed by atoms with Crippen molar-refractivity contribution in [2.75, 3.05) is 13.7 Å². The molecule has 0 aromatic carbocycles. The standard InChI is InChI=1S/C14H32N2O/c1-3-4-5-6-7-8-9-10-11-12-14(16-15)13-17-2/h14,16H,3-13,15H2,1-2H3. The fraction of sp³-hybridized carbons (Fsp3) is 1.00. The molecule has 0 saturated carbocycles. The Labute approximate surface area is 107 Å². The van der Waals surface area contributed by atoms with Gasteiger partial charge in [0, 0.05) is 13.2 Å². The molecule has 3 heteroatoms. The topological polar surface area (TPSA) is 47.3 Å². The number of nitrogens with two attached hydrogens (primary N) is 1. The molecule has 3 nitrogen and oxygen atoms in total. The van der Waals surface area contributed by atoms with Gasteiger partial charge in [0.1, 0.15) is 0 Å². The number of hydrogen-bond acceptors (Lipinski definition) is 3. The van der Waals surface area contributed by atoms with Crippen molar-refractivity contribution in [1.82, 2.24) is 5.43 Å². The minimum absolute atomic E-state index is 0.324. The molecule has 0 saturated heterocycles. The molecule has 0 spiro atoms. The van der Waals surface area contributed by atoms with Crippen molar-refractivity contribution in [3.63, 3.8) is 0 Å². The Morgan fingerprint density at radius 3 is 1.94 bits per heavy atom.